The zero-order valence-corrected chi connectivity index (χ0v) is 19.7. The van der Waals surface area contributed by atoms with E-state index in [4.69, 9.17) is 5.10 Å². The number of aliphatic imine (C=N–C) groups is 1. The molecule has 2 unspecified atom stereocenters. The molecule has 2 aliphatic rings. The lowest BCUT2D eigenvalue weighted by Gasteiger charge is -2.38. The predicted molar refractivity (Wildman–Crippen MR) is 122 cm³/mol. The summed E-state index contributed by atoms with van der Waals surface area (Å²) in [4.78, 5) is 9.27. The Kier molecular flexibility index (Phi) is 8.36. The minimum absolute atomic E-state index is 0. The molecule has 1 saturated heterocycles. The number of halogens is 1. The number of hydrogen-bond acceptors (Lipinski definition) is 4. The van der Waals surface area contributed by atoms with E-state index in [1.807, 2.05) is 7.05 Å². The van der Waals surface area contributed by atoms with Crippen LogP contribution in [0.15, 0.2) is 11.2 Å². The number of hydrogen-bond donors (Lipinski definition) is 2. The van der Waals surface area contributed by atoms with Gasteiger partial charge in [-0.1, -0.05) is 0 Å². The van der Waals surface area contributed by atoms with Crippen molar-refractivity contribution in [1.82, 2.24) is 30.2 Å². The van der Waals surface area contributed by atoms with Crippen LogP contribution < -0.4 is 10.6 Å². The quantitative estimate of drug-likeness (QED) is 0.380. The summed E-state index contributed by atoms with van der Waals surface area (Å²) in [6.07, 6.45) is 5.41. The molecule has 2 atom stereocenters. The van der Waals surface area contributed by atoms with Crippen LogP contribution in [0.4, 0.5) is 0 Å². The van der Waals surface area contributed by atoms with Crippen molar-refractivity contribution in [2.45, 2.75) is 51.2 Å². The Morgan fingerprint density at radius 2 is 2.11 bits per heavy atom. The number of nitrogens with one attached hydrogen (secondary N) is 2. The SMILES string of the molecule is CN=C(NCC1CN(C)CCN1C)NC1CCc2cn(C(C)C)nc2C1.I. The summed E-state index contributed by atoms with van der Waals surface area (Å²) < 4.78 is 2.09. The molecular formula is C19H36IN7. The number of aromatic nitrogens is 2. The Hall–Kier alpha value is -0.870. The van der Waals surface area contributed by atoms with Crippen molar-refractivity contribution in [2.24, 2.45) is 4.99 Å². The molecule has 0 bridgehead atoms. The Morgan fingerprint density at radius 1 is 1.33 bits per heavy atom. The first kappa shape index (κ1) is 22.4. The van der Waals surface area contributed by atoms with E-state index in [9.17, 15) is 0 Å². The molecule has 0 spiro atoms. The second kappa shape index (κ2) is 10.1. The second-order valence-corrected chi connectivity index (χ2v) is 8.11. The molecule has 8 heteroatoms. The highest BCUT2D eigenvalue weighted by Crippen LogP contribution is 2.21. The van der Waals surface area contributed by atoms with Gasteiger partial charge in [0.1, 0.15) is 0 Å². The van der Waals surface area contributed by atoms with Crippen LogP contribution in [-0.2, 0) is 12.8 Å². The highest BCUT2D eigenvalue weighted by atomic mass is 127. The number of nitrogens with zero attached hydrogens (tertiary/aromatic N) is 5. The highest BCUT2D eigenvalue weighted by Gasteiger charge is 2.25. The number of rotatable bonds is 4. The van der Waals surface area contributed by atoms with Crippen LogP contribution in [0, 0.1) is 0 Å². The van der Waals surface area contributed by atoms with Gasteiger partial charge in [-0.25, -0.2) is 0 Å². The van der Waals surface area contributed by atoms with Gasteiger partial charge in [-0.05, 0) is 46.3 Å². The molecule has 3 rings (SSSR count). The molecular weight excluding hydrogens is 453 g/mol. The summed E-state index contributed by atoms with van der Waals surface area (Å²) in [7, 11) is 6.26. The van der Waals surface area contributed by atoms with Crippen LogP contribution in [0.5, 0.6) is 0 Å². The monoisotopic (exact) mass is 489 g/mol. The van der Waals surface area contributed by atoms with Gasteiger partial charge < -0.3 is 15.5 Å². The van der Waals surface area contributed by atoms with E-state index in [1.54, 1.807) is 0 Å². The zero-order chi connectivity index (χ0) is 18.7. The topological polar surface area (TPSA) is 60.7 Å². The lowest BCUT2D eigenvalue weighted by Crippen LogP contribution is -2.56. The number of piperazine rings is 1. The molecule has 1 aromatic rings. The Bertz CT molecular complexity index is 628. The van der Waals surface area contributed by atoms with E-state index in [2.05, 4.69) is 64.2 Å². The highest BCUT2D eigenvalue weighted by molar-refractivity contribution is 14.0. The first-order valence-corrected chi connectivity index (χ1v) is 9.89. The molecule has 27 heavy (non-hydrogen) atoms. The Labute approximate surface area is 181 Å². The molecule has 1 aromatic heterocycles. The maximum atomic E-state index is 4.78. The van der Waals surface area contributed by atoms with E-state index in [0.717, 1.165) is 51.4 Å². The molecule has 7 nitrogen and oxygen atoms in total. The smallest absolute Gasteiger partial charge is 0.191 e. The fourth-order valence-electron chi connectivity index (χ4n) is 3.82. The lowest BCUT2D eigenvalue weighted by molar-refractivity contribution is 0.116. The van der Waals surface area contributed by atoms with Crippen LogP contribution in [0.2, 0.25) is 0 Å². The molecule has 0 aromatic carbocycles. The van der Waals surface area contributed by atoms with Crippen LogP contribution in [0.25, 0.3) is 0 Å². The van der Waals surface area contributed by atoms with Crippen LogP contribution in [-0.4, -0.2) is 84.9 Å². The summed E-state index contributed by atoms with van der Waals surface area (Å²) >= 11 is 0. The summed E-state index contributed by atoms with van der Waals surface area (Å²) in [5.74, 6) is 0.906. The van der Waals surface area contributed by atoms with Gasteiger partial charge in [0.2, 0.25) is 0 Å². The van der Waals surface area contributed by atoms with Crippen LogP contribution >= 0.6 is 24.0 Å². The van der Waals surface area contributed by atoms with Gasteiger partial charge in [-0.2, -0.15) is 5.10 Å². The third kappa shape index (κ3) is 5.80. The van der Waals surface area contributed by atoms with Gasteiger partial charge in [-0.3, -0.25) is 14.6 Å². The van der Waals surface area contributed by atoms with E-state index in [-0.39, 0.29) is 24.0 Å². The minimum atomic E-state index is 0. The standard InChI is InChI=1S/C19H35N7.HI/c1-14(2)26-12-15-6-7-16(10-18(15)23-26)22-19(20-3)21-11-17-13-24(4)8-9-25(17)5;/h12,14,16-17H,6-11,13H2,1-5H3,(H2,20,21,22);1H. The second-order valence-electron chi connectivity index (χ2n) is 8.11. The van der Waals surface area contributed by atoms with Crippen LogP contribution in [0.3, 0.4) is 0 Å². The van der Waals surface area contributed by atoms with E-state index < -0.39 is 0 Å². The van der Waals surface area contributed by atoms with Crippen molar-refractivity contribution >= 4 is 29.9 Å². The van der Waals surface area contributed by atoms with Crippen molar-refractivity contribution in [3.63, 3.8) is 0 Å². The molecule has 0 amide bonds. The van der Waals surface area contributed by atoms with E-state index in [1.165, 1.54) is 11.3 Å². The number of likely N-dealkylation sites (N-methyl/N-ethyl adjacent to an activating group) is 2. The maximum Gasteiger partial charge on any atom is 0.191 e. The molecule has 1 fully saturated rings. The number of guanidine groups is 1. The molecule has 154 valence electrons. The first-order chi connectivity index (χ1) is 12.5. The maximum absolute atomic E-state index is 4.78. The molecule has 0 saturated carbocycles. The van der Waals surface area contributed by atoms with Crippen LogP contribution in [0.1, 0.15) is 37.6 Å². The summed E-state index contributed by atoms with van der Waals surface area (Å²) in [6.45, 7) is 8.64. The molecule has 1 aliphatic carbocycles. The minimum Gasteiger partial charge on any atom is -0.355 e. The van der Waals surface area contributed by atoms with E-state index in [0.29, 0.717) is 18.1 Å². The number of aryl methyl sites for hydroxylation is 1. The Balaban J connectivity index is 0.00000261. The van der Waals surface area contributed by atoms with Crippen molar-refractivity contribution in [2.75, 3.05) is 47.3 Å². The van der Waals surface area contributed by atoms with Crippen molar-refractivity contribution < 1.29 is 0 Å². The van der Waals surface area contributed by atoms with Gasteiger partial charge in [0.15, 0.2) is 5.96 Å². The normalized spacial score (nSPS) is 24.4. The Morgan fingerprint density at radius 3 is 2.81 bits per heavy atom. The van der Waals surface area contributed by atoms with Crippen molar-refractivity contribution in [3.05, 3.63) is 17.5 Å². The number of fused-ring (bicyclic) bond motifs is 1. The average molecular weight is 489 g/mol. The largest absolute Gasteiger partial charge is 0.355 e. The first-order valence-electron chi connectivity index (χ1n) is 9.89. The van der Waals surface area contributed by atoms with Gasteiger partial charge in [0.05, 0.1) is 5.69 Å². The zero-order valence-electron chi connectivity index (χ0n) is 17.4. The summed E-state index contributed by atoms with van der Waals surface area (Å²) in [5, 5.41) is 11.9. The third-order valence-electron chi connectivity index (χ3n) is 5.68. The predicted octanol–water partition coefficient (Wildman–Crippen LogP) is 1.35. The van der Waals surface area contributed by atoms with Gasteiger partial charge in [0.25, 0.3) is 0 Å². The van der Waals surface area contributed by atoms with Crippen molar-refractivity contribution in [3.8, 4) is 0 Å². The van der Waals surface area contributed by atoms with Crippen molar-refractivity contribution in [1.29, 1.82) is 0 Å². The van der Waals surface area contributed by atoms with Gasteiger partial charge in [0, 0.05) is 64.0 Å². The lowest BCUT2D eigenvalue weighted by atomic mass is 9.94. The average Bonchev–Trinajstić information content (AvgIpc) is 3.05. The van der Waals surface area contributed by atoms with Gasteiger partial charge in [-0.15, -0.1) is 24.0 Å². The third-order valence-corrected chi connectivity index (χ3v) is 5.68. The fraction of sp³-hybridized carbons (Fsp3) is 0.789. The molecule has 1 aliphatic heterocycles. The molecule has 0 radical (unpaired) electrons. The summed E-state index contributed by atoms with van der Waals surface area (Å²) in [5.41, 5.74) is 2.65. The van der Waals surface area contributed by atoms with E-state index >= 15 is 0 Å². The summed E-state index contributed by atoms with van der Waals surface area (Å²) in [6, 6.07) is 1.34. The van der Waals surface area contributed by atoms with Gasteiger partial charge >= 0.3 is 0 Å². The fourth-order valence-corrected chi connectivity index (χ4v) is 3.82. The molecule has 2 heterocycles. The molecule has 2 N–H and O–H groups in total.